The van der Waals surface area contributed by atoms with E-state index in [1.54, 1.807) is 12.1 Å². The fraction of sp³-hybridized carbons (Fsp3) is 0.571. The molecule has 0 saturated carbocycles. The van der Waals surface area contributed by atoms with E-state index in [-0.39, 0.29) is 18.4 Å². The summed E-state index contributed by atoms with van der Waals surface area (Å²) in [4.78, 5) is 11.9. The summed E-state index contributed by atoms with van der Waals surface area (Å²) in [6.45, 7) is 4.87. The Kier molecular flexibility index (Phi) is 6.29. The molecule has 1 atom stereocenters. The van der Waals surface area contributed by atoms with E-state index in [9.17, 15) is 10.0 Å². The van der Waals surface area contributed by atoms with Crippen molar-refractivity contribution in [3.05, 3.63) is 35.3 Å². The van der Waals surface area contributed by atoms with Crippen molar-refractivity contribution in [2.45, 2.75) is 26.7 Å². The standard InChI is InChI=1S/C14H22N2O3/c1-11(2)8-12(5-7-17)9-15-14(18)13-4-3-6-16(19)10-13/h3-4,6,10-12,17H,5,7-9H2,1-2H3,(H,15,18). The third-order valence-electron chi connectivity index (χ3n) is 2.93. The Labute approximate surface area is 113 Å². The van der Waals surface area contributed by atoms with Gasteiger partial charge in [-0.3, -0.25) is 4.79 Å². The number of hydrogen-bond donors (Lipinski definition) is 2. The molecule has 0 aromatic carbocycles. The van der Waals surface area contributed by atoms with Crippen LogP contribution in [0.3, 0.4) is 0 Å². The van der Waals surface area contributed by atoms with Crippen LogP contribution in [0.25, 0.3) is 0 Å². The fourth-order valence-corrected chi connectivity index (χ4v) is 2.08. The lowest BCUT2D eigenvalue weighted by Crippen LogP contribution is -2.33. The molecule has 106 valence electrons. The van der Waals surface area contributed by atoms with Crippen LogP contribution >= 0.6 is 0 Å². The van der Waals surface area contributed by atoms with Gasteiger partial charge in [0, 0.05) is 19.2 Å². The fourth-order valence-electron chi connectivity index (χ4n) is 2.08. The zero-order valence-electron chi connectivity index (χ0n) is 11.5. The van der Waals surface area contributed by atoms with Crippen LogP contribution < -0.4 is 10.0 Å². The van der Waals surface area contributed by atoms with Crippen LogP contribution in [0, 0.1) is 17.0 Å². The van der Waals surface area contributed by atoms with Crippen LogP contribution in [-0.4, -0.2) is 24.2 Å². The molecule has 0 saturated heterocycles. The molecule has 0 fully saturated rings. The molecule has 19 heavy (non-hydrogen) atoms. The summed E-state index contributed by atoms with van der Waals surface area (Å²) in [5, 5.41) is 22.9. The van der Waals surface area contributed by atoms with E-state index in [1.165, 1.54) is 12.4 Å². The summed E-state index contributed by atoms with van der Waals surface area (Å²) in [6, 6.07) is 3.15. The predicted octanol–water partition coefficient (Wildman–Crippen LogP) is 1.09. The summed E-state index contributed by atoms with van der Waals surface area (Å²) < 4.78 is 0.605. The molecule has 0 aliphatic carbocycles. The van der Waals surface area contributed by atoms with Gasteiger partial charge in [-0.05, 0) is 30.7 Å². The second-order valence-electron chi connectivity index (χ2n) is 5.17. The second-order valence-corrected chi connectivity index (χ2v) is 5.17. The number of carbonyl (C=O) groups excluding carboxylic acids is 1. The number of carbonyl (C=O) groups is 1. The van der Waals surface area contributed by atoms with E-state index >= 15 is 0 Å². The van der Waals surface area contributed by atoms with Gasteiger partial charge in [0.15, 0.2) is 12.4 Å². The van der Waals surface area contributed by atoms with E-state index in [2.05, 4.69) is 19.2 Å². The largest absolute Gasteiger partial charge is 0.619 e. The van der Waals surface area contributed by atoms with Crippen molar-refractivity contribution in [2.24, 2.45) is 11.8 Å². The van der Waals surface area contributed by atoms with Crippen LogP contribution in [0.1, 0.15) is 37.0 Å². The van der Waals surface area contributed by atoms with Crippen molar-refractivity contribution in [1.29, 1.82) is 0 Å². The molecule has 0 aliphatic heterocycles. The number of aromatic nitrogens is 1. The molecule has 1 unspecified atom stereocenters. The molecule has 1 rings (SSSR count). The zero-order valence-corrected chi connectivity index (χ0v) is 11.5. The van der Waals surface area contributed by atoms with Gasteiger partial charge in [0.1, 0.15) is 5.56 Å². The lowest BCUT2D eigenvalue weighted by Gasteiger charge is -2.18. The number of pyridine rings is 1. The highest BCUT2D eigenvalue weighted by atomic mass is 16.5. The molecule has 1 aromatic rings. The van der Waals surface area contributed by atoms with Crippen molar-refractivity contribution in [3.63, 3.8) is 0 Å². The SMILES string of the molecule is CC(C)CC(CCO)CNC(=O)c1ccc[n+]([O-])c1. The van der Waals surface area contributed by atoms with Gasteiger partial charge in [0.2, 0.25) is 0 Å². The normalized spacial score (nSPS) is 12.4. The van der Waals surface area contributed by atoms with Gasteiger partial charge in [0.05, 0.1) is 0 Å². The highest BCUT2D eigenvalue weighted by Crippen LogP contribution is 2.14. The first-order chi connectivity index (χ1) is 9.02. The Hall–Kier alpha value is -1.62. The number of aliphatic hydroxyl groups is 1. The zero-order chi connectivity index (χ0) is 14.3. The average Bonchev–Trinajstić information content (AvgIpc) is 2.35. The number of amides is 1. The summed E-state index contributed by atoms with van der Waals surface area (Å²) in [6.07, 6.45) is 4.22. The van der Waals surface area contributed by atoms with Gasteiger partial charge >= 0.3 is 0 Å². The maximum Gasteiger partial charge on any atom is 0.257 e. The first-order valence-electron chi connectivity index (χ1n) is 6.60. The smallest absolute Gasteiger partial charge is 0.257 e. The van der Waals surface area contributed by atoms with Crippen LogP contribution in [0.5, 0.6) is 0 Å². The Morgan fingerprint density at radius 2 is 2.26 bits per heavy atom. The molecule has 1 heterocycles. The summed E-state index contributed by atoms with van der Waals surface area (Å²) in [7, 11) is 0. The maximum atomic E-state index is 11.9. The molecule has 1 aromatic heterocycles. The highest BCUT2D eigenvalue weighted by molar-refractivity contribution is 5.93. The van der Waals surface area contributed by atoms with Gasteiger partial charge < -0.3 is 15.6 Å². The first-order valence-corrected chi connectivity index (χ1v) is 6.60. The average molecular weight is 266 g/mol. The predicted molar refractivity (Wildman–Crippen MR) is 72.4 cm³/mol. The molecule has 0 radical (unpaired) electrons. The molecular weight excluding hydrogens is 244 g/mol. The maximum absolute atomic E-state index is 11.9. The van der Waals surface area contributed by atoms with Crippen LogP contribution in [0.4, 0.5) is 0 Å². The number of hydrogen-bond acceptors (Lipinski definition) is 3. The summed E-state index contributed by atoms with van der Waals surface area (Å²) in [5.41, 5.74) is 0.352. The van der Waals surface area contributed by atoms with Crippen molar-refractivity contribution in [1.82, 2.24) is 5.32 Å². The third-order valence-corrected chi connectivity index (χ3v) is 2.93. The van der Waals surface area contributed by atoms with Crippen molar-refractivity contribution in [2.75, 3.05) is 13.2 Å². The van der Waals surface area contributed by atoms with E-state index in [4.69, 9.17) is 5.11 Å². The number of aliphatic hydroxyl groups excluding tert-OH is 1. The van der Waals surface area contributed by atoms with Crippen LogP contribution in [0.2, 0.25) is 0 Å². The topological polar surface area (TPSA) is 76.3 Å². The van der Waals surface area contributed by atoms with Crippen LogP contribution in [-0.2, 0) is 0 Å². The van der Waals surface area contributed by atoms with Gasteiger partial charge in [0.25, 0.3) is 5.91 Å². The van der Waals surface area contributed by atoms with E-state index in [0.717, 1.165) is 6.42 Å². The second kappa shape index (κ2) is 7.74. The minimum Gasteiger partial charge on any atom is -0.619 e. The highest BCUT2D eigenvalue weighted by Gasteiger charge is 2.14. The Balaban J connectivity index is 2.51. The number of rotatable bonds is 7. The summed E-state index contributed by atoms with van der Waals surface area (Å²) in [5.74, 6) is 0.530. The third kappa shape index (κ3) is 5.70. The Morgan fingerprint density at radius 1 is 1.53 bits per heavy atom. The number of nitrogens with one attached hydrogen (secondary N) is 1. The summed E-state index contributed by atoms with van der Waals surface area (Å²) >= 11 is 0. The minimum absolute atomic E-state index is 0.124. The van der Waals surface area contributed by atoms with E-state index in [0.29, 0.717) is 29.2 Å². The monoisotopic (exact) mass is 266 g/mol. The molecule has 1 amide bonds. The van der Waals surface area contributed by atoms with Gasteiger partial charge in [-0.2, -0.15) is 4.73 Å². The van der Waals surface area contributed by atoms with Gasteiger partial charge in [-0.15, -0.1) is 0 Å². The molecule has 0 bridgehead atoms. The van der Waals surface area contributed by atoms with Gasteiger partial charge in [-0.25, -0.2) is 0 Å². The first kappa shape index (κ1) is 15.4. The quantitative estimate of drug-likeness (QED) is 0.573. The van der Waals surface area contributed by atoms with E-state index in [1.807, 2.05) is 0 Å². The van der Waals surface area contributed by atoms with Crippen molar-refractivity contribution >= 4 is 5.91 Å². The Morgan fingerprint density at radius 3 is 2.84 bits per heavy atom. The molecule has 0 aliphatic rings. The lowest BCUT2D eigenvalue weighted by molar-refractivity contribution is -0.605. The molecular formula is C14H22N2O3. The minimum atomic E-state index is -0.253. The van der Waals surface area contributed by atoms with Crippen molar-refractivity contribution in [3.8, 4) is 0 Å². The van der Waals surface area contributed by atoms with Crippen molar-refractivity contribution < 1.29 is 14.6 Å². The molecule has 0 spiro atoms. The number of nitrogens with zero attached hydrogens (tertiary/aromatic N) is 1. The molecule has 5 nitrogen and oxygen atoms in total. The molecule has 5 heteroatoms. The Bertz CT molecular complexity index is 407. The van der Waals surface area contributed by atoms with E-state index < -0.39 is 0 Å². The molecule has 2 N–H and O–H groups in total. The van der Waals surface area contributed by atoms with Gasteiger partial charge in [-0.1, -0.05) is 13.8 Å². The lowest BCUT2D eigenvalue weighted by atomic mass is 9.94. The van der Waals surface area contributed by atoms with Crippen LogP contribution in [0.15, 0.2) is 24.5 Å².